The van der Waals surface area contributed by atoms with Gasteiger partial charge in [-0.2, -0.15) is 0 Å². The minimum Gasteiger partial charge on any atom is -0.489 e. The van der Waals surface area contributed by atoms with E-state index in [1.54, 1.807) is 12.1 Å². The van der Waals surface area contributed by atoms with Crippen molar-refractivity contribution in [1.82, 2.24) is 0 Å². The molecule has 0 fully saturated rings. The topological polar surface area (TPSA) is 66.8 Å². The lowest BCUT2D eigenvalue weighted by Crippen LogP contribution is -2.33. The van der Waals surface area contributed by atoms with E-state index in [-0.39, 0.29) is 25.0 Å². The molecule has 21 heavy (non-hydrogen) atoms. The molecule has 5 heteroatoms. The van der Waals surface area contributed by atoms with Crippen molar-refractivity contribution in [2.24, 2.45) is 0 Å². The van der Waals surface area contributed by atoms with Crippen LogP contribution in [0, 0.1) is 0 Å². The SMILES string of the molecule is CCCC(=O)N(CCC(=O)O)c1ccccc1OC(C)C. The first-order valence-corrected chi connectivity index (χ1v) is 7.23. The van der Waals surface area contributed by atoms with Crippen LogP contribution in [-0.2, 0) is 9.59 Å². The van der Waals surface area contributed by atoms with Crippen molar-refractivity contribution in [1.29, 1.82) is 0 Å². The van der Waals surface area contributed by atoms with Crippen LogP contribution in [0.25, 0.3) is 0 Å². The number of carboxylic acid groups (broad SMARTS) is 1. The molecule has 0 bridgehead atoms. The maximum absolute atomic E-state index is 12.3. The Morgan fingerprint density at radius 3 is 2.48 bits per heavy atom. The molecule has 5 nitrogen and oxygen atoms in total. The van der Waals surface area contributed by atoms with Gasteiger partial charge in [-0.05, 0) is 32.4 Å². The first kappa shape index (κ1) is 17.0. The van der Waals surface area contributed by atoms with Crippen molar-refractivity contribution in [2.45, 2.75) is 46.1 Å². The second-order valence-electron chi connectivity index (χ2n) is 5.07. The maximum atomic E-state index is 12.3. The van der Waals surface area contributed by atoms with E-state index >= 15 is 0 Å². The molecule has 1 N–H and O–H groups in total. The lowest BCUT2D eigenvalue weighted by atomic mass is 10.2. The van der Waals surface area contributed by atoms with Gasteiger partial charge in [0.1, 0.15) is 5.75 Å². The Labute approximate surface area is 125 Å². The zero-order chi connectivity index (χ0) is 15.8. The molecular weight excluding hydrogens is 270 g/mol. The molecule has 0 aliphatic carbocycles. The fourth-order valence-corrected chi connectivity index (χ4v) is 1.97. The number of hydrogen-bond acceptors (Lipinski definition) is 3. The summed E-state index contributed by atoms with van der Waals surface area (Å²) < 4.78 is 5.72. The number of ether oxygens (including phenoxy) is 1. The van der Waals surface area contributed by atoms with E-state index in [9.17, 15) is 9.59 Å². The van der Waals surface area contributed by atoms with E-state index in [0.717, 1.165) is 6.42 Å². The maximum Gasteiger partial charge on any atom is 0.305 e. The Morgan fingerprint density at radius 2 is 1.90 bits per heavy atom. The molecule has 116 valence electrons. The van der Waals surface area contributed by atoms with Gasteiger partial charge in [-0.25, -0.2) is 0 Å². The molecule has 0 saturated carbocycles. The third kappa shape index (κ3) is 5.45. The Bertz CT molecular complexity index is 485. The molecular formula is C16H23NO4. The van der Waals surface area contributed by atoms with Crippen LogP contribution in [-0.4, -0.2) is 29.6 Å². The molecule has 0 spiro atoms. The van der Waals surface area contributed by atoms with Crippen LogP contribution >= 0.6 is 0 Å². The van der Waals surface area contributed by atoms with Crippen LogP contribution in [0.3, 0.4) is 0 Å². The molecule has 0 aromatic heterocycles. The minimum absolute atomic E-state index is 0.0197. The Balaban J connectivity index is 3.06. The van der Waals surface area contributed by atoms with Gasteiger partial charge in [0.05, 0.1) is 18.2 Å². The van der Waals surface area contributed by atoms with E-state index in [0.29, 0.717) is 17.9 Å². The number of rotatable bonds is 8. The monoisotopic (exact) mass is 293 g/mol. The zero-order valence-electron chi connectivity index (χ0n) is 12.8. The Morgan fingerprint density at radius 1 is 1.24 bits per heavy atom. The van der Waals surface area contributed by atoms with E-state index < -0.39 is 5.97 Å². The second kappa shape index (κ2) is 8.29. The molecule has 0 radical (unpaired) electrons. The molecule has 0 atom stereocenters. The first-order chi connectivity index (χ1) is 9.95. The first-order valence-electron chi connectivity index (χ1n) is 7.23. The van der Waals surface area contributed by atoms with Crippen LogP contribution in [0.2, 0.25) is 0 Å². The van der Waals surface area contributed by atoms with Gasteiger partial charge in [0.15, 0.2) is 0 Å². The smallest absolute Gasteiger partial charge is 0.305 e. The zero-order valence-corrected chi connectivity index (χ0v) is 12.8. The highest BCUT2D eigenvalue weighted by molar-refractivity contribution is 5.95. The molecule has 0 aliphatic rings. The number of hydrogen-bond donors (Lipinski definition) is 1. The summed E-state index contributed by atoms with van der Waals surface area (Å²) >= 11 is 0. The summed E-state index contributed by atoms with van der Waals surface area (Å²) in [4.78, 5) is 24.6. The van der Waals surface area contributed by atoms with Gasteiger partial charge in [-0.15, -0.1) is 0 Å². The van der Waals surface area contributed by atoms with Gasteiger partial charge in [-0.1, -0.05) is 19.1 Å². The summed E-state index contributed by atoms with van der Waals surface area (Å²) in [5, 5.41) is 8.87. The lowest BCUT2D eigenvalue weighted by Gasteiger charge is -2.25. The van der Waals surface area contributed by atoms with Crippen molar-refractivity contribution in [3.05, 3.63) is 24.3 Å². The summed E-state index contributed by atoms with van der Waals surface area (Å²) in [5.41, 5.74) is 0.630. The fraction of sp³-hybridized carbons (Fsp3) is 0.500. The minimum atomic E-state index is -0.924. The fourth-order valence-electron chi connectivity index (χ4n) is 1.97. The highest BCUT2D eigenvalue weighted by Crippen LogP contribution is 2.29. The number of benzene rings is 1. The van der Waals surface area contributed by atoms with E-state index in [1.807, 2.05) is 32.9 Å². The van der Waals surface area contributed by atoms with Gasteiger partial charge in [0.2, 0.25) is 5.91 Å². The second-order valence-corrected chi connectivity index (χ2v) is 5.07. The number of para-hydroxylation sites is 2. The number of amides is 1. The summed E-state index contributed by atoms with van der Waals surface area (Å²) in [5.74, 6) is -0.410. The van der Waals surface area contributed by atoms with E-state index in [4.69, 9.17) is 9.84 Å². The Hall–Kier alpha value is -2.04. The van der Waals surface area contributed by atoms with Crippen LogP contribution in [0.4, 0.5) is 5.69 Å². The molecule has 0 unspecified atom stereocenters. The van der Waals surface area contributed by atoms with Crippen LogP contribution in [0.1, 0.15) is 40.0 Å². The number of anilines is 1. The van der Waals surface area contributed by atoms with Gasteiger partial charge < -0.3 is 14.7 Å². The number of carbonyl (C=O) groups is 2. The molecule has 0 aliphatic heterocycles. The molecule has 1 rings (SSSR count). The third-order valence-electron chi connectivity index (χ3n) is 2.83. The number of aliphatic carboxylic acids is 1. The quantitative estimate of drug-likeness (QED) is 0.800. The van der Waals surface area contributed by atoms with Crippen molar-refractivity contribution < 1.29 is 19.4 Å². The summed E-state index contributed by atoms with van der Waals surface area (Å²) in [6, 6.07) is 7.23. The predicted octanol–water partition coefficient (Wildman–Crippen LogP) is 3.08. The van der Waals surface area contributed by atoms with Gasteiger partial charge in [0, 0.05) is 13.0 Å². The summed E-state index contributed by atoms with van der Waals surface area (Å²) in [6.45, 7) is 5.88. The standard InChI is InChI=1S/C16H23NO4/c1-4-7-15(18)17(11-10-16(19)20)13-8-5-6-9-14(13)21-12(2)3/h5-6,8-9,12H,4,7,10-11H2,1-3H3,(H,19,20). The van der Waals surface area contributed by atoms with Crippen molar-refractivity contribution in [2.75, 3.05) is 11.4 Å². The van der Waals surface area contributed by atoms with Crippen LogP contribution in [0.5, 0.6) is 5.75 Å². The highest BCUT2D eigenvalue weighted by atomic mass is 16.5. The lowest BCUT2D eigenvalue weighted by molar-refractivity contribution is -0.136. The third-order valence-corrected chi connectivity index (χ3v) is 2.83. The van der Waals surface area contributed by atoms with Gasteiger partial charge in [-0.3, -0.25) is 9.59 Å². The van der Waals surface area contributed by atoms with Crippen molar-refractivity contribution in [3.63, 3.8) is 0 Å². The van der Waals surface area contributed by atoms with E-state index in [1.165, 1.54) is 4.90 Å². The molecule has 1 aromatic carbocycles. The largest absolute Gasteiger partial charge is 0.489 e. The summed E-state index contributed by atoms with van der Waals surface area (Å²) in [6.07, 6.45) is 0.991. The average Bonchev–Trinajstić information content (AvgIpc) is 2.40. The van der Waals surface area contributed by atoms with Gasteiger partial charge >= 0.3 is 5.97 Å². The molecule has 0 saturated heterocycles. The molecule has 1 amide bonds. The molecule has 0 heterocycles. The van der Waals surface area contributed by atoms with Gasteiger partial charge in [0.25, 0.3) is 0 Å². The van der Waals surface area contributed by atoms with Crippen molar-refractivity contribution >= 4 is 17.6 Å². The molecule has 1 aromatic rings. The summed E-state index contributed by atoms with van der Waals surface area (Å²) in [7, 11) is 0. The van der Waals surface area contributed by atoms with E-state index in [2.05, 4.69) is 0 Å². The number of nitrogens with zero attached hydrogens (tertiary/aromatic N) is 1. The number of carboxylic acids is 1. The van der Waals surface area contributed by atoms with Crippen LogP contribution < -0.4 is 9.64 Å². The average molecular weight is 293 g/mol. The number of carbonyl (C=O) groups excluding carboxylic acids is 1. The Kier molecular flexibility index (Phi) is 6.72. The van der Waals surface area contributed by atoms with Crippen LogP contribution in [0.15, 0.2) is 24.3 Å². The normalized spacial score (nSPS) is 10.5. The highest BCUT2D eigenvalue weighted by Gasteiger charge is 2.20. The predicted molar refractivity (Wildman–Crippen MR) is 81.7 cm³/mol. The van der Waals surface area contributed by atoms with Crippen molar-refractivity contribution in [3.8, 4) is 5.75 Å².